The second-order valence-electron chi connectivity index (χ2n) is 14.7. The van der Waals surface area contributed by atoms with Crippen LogP contribution in [0.15, 0.2) is 146 Å². The van der Waals surface area contributed by atoms with Gasteiger partial charge in [-0.3, -0.25) is 0 Å². The lowest BCUT2D eigenvalue weighted by atomic mass is 10.0. The normalized spacial score (nSPS) is 12.3. The molecule has 57 heavy (non-hydrogen) atoms. The molecule has 0 atom stereocenters. The number of nitrogens with zero attached hydrogens (tertiary/aromatic N) is 7. The Labute approximate surface area is 322 Å². The summed E-state index contributed by atoms with van der Waals surface area (Å²) in [5.74, 6) is 1.89. The minimum Gasteiger partial charge on any atom is -0.425 e. The number of rotatable bonds is 0. The molecule has 9 nitrogen and oxygen atoms in total. The van der Waals surface area contributed by atoms with Gasteiger partial charge in [-0.05, 0) is 91.6 Å². The Balaban J connectivity index is 1.25. The number of aromatic nitrogens is 8. The van der Waals surface area contributed by atoms with Crippen LogP contribution in [0.1, 0.15) is 0 Å². The van der Waals surface area contributed by atoms with Crippen LogP contribution in [0.3, 0.4) is 0 Å². The van der Waals surface area contributed by atoms with Gasteiger partial charge in [0.25, 0.3) is 0 Å². The van der Waals surface area contributed by atoms with Gasteiger partial charge in [-0.15, -0.1) is 4.73 Å². The Morgan fingerprint density at radius 2 is 0.614 bits per heavy atom. The van der Waals surface area contributed by atoms with E-state index >= 15 is 0 Å². The first-order valence-corrected chi connectivity index (χ1v) is 18.8. The first-order valence-electron chi connectivity index (χ1n) is 18.8. The van der Waals surface area contributed by atoms with E-state index in [0.717, 1.165) is 91.6 Å². The lowest BCUT2D eigenvalue weighted by molar-refractivity contribution is 0.209. The topological polar surface area (TPSA) is 118 Å². The molecule has 8 bridgehead atoms. The molecule has 13 rings (SSSR count). The molecule has 8 aromatic carbocycles. The fourth-order valence-corrected chi connectivity index (χ4v) is 8.62. The predicted molar refractivity (Wildman–Crippen MR) is 227 cm³/mol. The molecule has 2 aliphatic heterocycles. The van der Waals surface area contributed by atoms with Crippen LogP contribution in [-0.4, -0.2) is 44.8 Å². The monoisotopic (exact) mass is 730 g/mol. The second kappa shape index (κ2) is 11.0. The van der Waals surface area contributed by atoms with Gasteiger partial charge in [0.1, 0.15) is 11.3 Å². The SMILES string of the molecule is On1c2nc3nc(nc4[nH]c(nc5nc(nc1c1cc6ccccc6cc12)-c1cc2ccccc2cc1-5)c1cc2ccccc2cc41)-c1cc2ccccc2cc1-3. The molecule has 0 radical (unpaired) electrons. The van der Waals surface area contributed by atoms with Crippen LogP contribution >= 0.6 is 0 Å². The summed E-state index contributed by atoms with van der Waals surface area (Å²) in [6, 6.07) is 49.7. The number of benzene rings is 8. The number of hydrogen-bond donors (Lipinski definition) is 2. The highest BCUT2D eigenvalue weighted by Crippen LogP contribution is 2.41. The average Bonchev–Trinajstić information content (AvgIpc) is 3.94. The van der Waals surface area contributed by atoms with E-state index in [9.17, 15) is 5.21 Å². The lowest BCUT2D eigenvalue weighted by Gasteiger charge is -2.03. The zero-order valence-corrected chi connectivity index (χ0v) is 29.9. The van der Waals surface area contributed by atoms with E-state index in [0.29, 0.717) is 45.9 Å². The highest BCUT2D eigenvalue weighted by atomic mass is 16.5. The van der Waals surface area contributed by atoms with E-state index in [-0.39, 0.29) is 0 Å². The standard InChI is InChI=1S/C48H26N8O/c57-56-47-39-23-31-15-7-8-16-32(31)24-40(39)48(56)55-46-38-22-30-14-6-4-12-28(30)20-36(38)44(53-46)51-42-34-18-26-10-2-1-9-25(26)17-33(34)41(49-42)50-43-35-19-27-11-3-5-13-29(27)21-37(35)45(52-43)54-47/h1-24,57H,(H,49,50,51,52,53,54,55). The Bertz CT molecular complexity index is 3550. The summed E-state index contributed by atoms with van der Waals surface area (Å²) < 4.78 is 1.07. The summed E-state index contributed by atoms with van der Waals surface area (Å²) in [4.78, 5) is 34.7. The largest absolute Gasteiger partial charge is 0.425 e. The molecule has 3 aromatic heterocycles. The maximum Gasteiger partial charge on any atom is 0.180 e. The quantitative estimate of drug-likeness (QED) is 0.149. The van der Waals surface area contributed by atoms with Gasteiger partial charge in [0, 0.05) is 43.8 Å². The summed E-state index contributed by atoms with van der Waals surface area (Å²) in [5, 5.41) is 23.9. The second-order valence-corrected chi connectivity index (χ2v) is 14.7. The van der Waals surface area contributed by atoms with Crippen molar-refractivity contribution in [2.45, 2.75) is 0 Å². The zero-order valence-electron chi connectivity index (χ0n) is 29.9. The third kappa shape index (κ3) is 4.39. The number of aromatic amines is 1. The van der Waals surface area contributed by atoms with Crippen molar-refractivity contribution in [3.8, 4) is 45.6 Å². The number of hydrogen-bond acceptors (Lipinski definition) is 7. The van der Waals surface area contributed by atoms with E-state index in [1.165, 1.54) is 0 Å². The molecule has 0 aliphatic carbocycles. The van der Waals surface area contributed by atoms with Crippen molar-refractivity contribution < 1.29 is 5.21 Å². The lowest BCUT2D eigenvalue weighted by Crippen LogP contribution is -1.94. The molecule has 0 saturated heterocycles. The third-order valence-electron chi connectivity index (χ3n) is 11.4. The molecule has 0 saturated carbocycles. The van der Waals surface area contributed by atoms with Gasteiger partial charge in [-0.1, -0.05) is 97.1 Å². The third-order valence-corrected chi connectivity index (χ3v) is 11.4. The molecule has 264 valence electrons. The minimum atomic E-state index is 0.311. The fourth-order valence-electron chi connectivity index (χ4n) is 8.62. The van der Waals surface area contributed by atoms with E-state index < -0.39 is 0 Å². The van der Waals surface area contributed by atoms with Crippen molar-refractivity contribution in [2.75, 3.05) is 0 Å². The Morgan fingerprint density at radius 1 is 0.333 bits per heavy atom. The highest BCUT2D eigenvalue weighted by Gasteiger charge is 2.25. The van der Waals surface area contributed by atoms with Gasteiger partial charge in [0.15, 0.2) is 34.6 Å². The van der Waals surface area contributed by atoms with Crippen molar-refractivity contribution >= 4 is 87.2 Å². The summed E-state index contributed by atoms with van der Waals surface area (Å²) in [6.07, 6.45) is 0. The van der Waals surface area contributed by atoms with Crippen LogP contribution in [0.4, 0.5) is 0 Å². The maximum absolute atomic E-state index is 12.2. The van der Waals surface area contributed by atoms with Crippen LogP contribution in [-0.2, 0) is 0 Å². The molecule has 2 N–H and O–H groups in total. The fraction of sp³-hybridized carbons (Fsp3) is 0. The first kappa shape index (κ1) is 30.3. The van der Waals surface area contributed by atoms with Crippen molar-refractivity contribution in [2.24, 2.45) is 0 Å². The maximum atomic E-state index is 12.2. The van der Waals surface area contributed by atoms with Crippen LogP contribution in [0.2, 0.25) is 0 Å². The van der Waals surface area contributed by atoms with Gasteiger partial charge in [0.2, 0.25) is 0 Å². The average molecular weight is 731 g/mol. The first-order chi connectivity index (χ1) is 28.1. The van der Waals surface area contributed by atoms with E-state index in [1.54, 1.807) is 0 Å². The Hall–Kier alpha value is -8.04. The van der Waals surface area contributed by atoms with Gasteiger partial charge in [0.05, 0.1) is 0 Å². The predicted octanol–water partition coefficient (Wildman–Crippen LogP) is 11.2. The van der Waals surface area contributed by atoms with Crippen LogP contribution < -0.4 is 0 Å². The minimum absolute atomic E-state index is 0.311. The summed E-state index contributed by atoms with van der Waals surface area (Å²) >= 11 is 0. The molecular formula is C48H26N8O. The van der Waals surface area contributed by atoms with Crippen molar-refractivity contribution in [3.05, 3.63) is 146 Å². The Kier molecular flexibility index (Phi) is 5.86. The van der Waals surface area contributed by atoms with Gasteiger partial charge < -0.3 is 10.2 Å². The molecule has 0 spiro atoms. The molecule has 0 unspecified atom stereocenters. The van der Waals surface area contributed by atoms with E-state index in [4.69, 9.17) is 29.9 Å². The number of nitrogens with one attached hydrogen (secondary N) is 1. The van der Waals surface area contributed by atoms with Crippen LogP contribution in [0.5, 0.6) is 0 Å². The molecule has 9 heteroatoms. The molecule has 0 amide bonds. The van der Waals surface area contributed by atoms with E-state index in [2.05, 4.69) is 102 Å². The van der Waals surface area contributed by atoms with Crippen molar-refractivity contribution in [3.63, 3.8) is 0 Å². The highest BCUT2D eigenvalue weighted by molar-refractivity contribution is 6.13. The van der Waals surface area contributed by atoms with Gasteiger partial charge in [-0.25, -0.2) is 29.9 Å². The molecule has 0 fully saturated rings. The summed E-state index contributed by atoms with van der Waals surface area (Å²) in [6.45, 7) is 0. The van der Waals surface area contributed by atoms with Gasteiger partial charge >= 0.3 is 0 Å². The Morgan fingerprint density at radius 3 is 0.947 bits per heavy atom. The van der Waals surface area contributed by atoms with Crippen molar-refractivity contribution in [1.82, 2.24) is 39.6 Å². The number of H-pyrrole nitrogens is 1. The molecule has 11 aromatic rings. The molecule has 5 heterocycles. The summed E-state index contributed by atoms with van der Waals surface area (Å²) in [5.41, 5.74) is 5.18. The van der Waals surface area contributed by atoms with Crippen LogP contribution in [0.25, 0.3) is 133 Å². The zero-order chi connectivity index (χ0) is 37.4. The molecular weight excluding hydrogens is 705 g/mol. The smallest absolute Gasteiger partial charge is 0.180 e. The summed E-state index contributed by atoms with van der Waals surface area (Å²) in [7, 11) is 0. The molecule has 2 aliphatic rings. The van der Waals surface area contributed by atoms with Gasteiger partial charge in [-0.2, -0.15) is 0 Å². The van der Waals surface area contributed by atoms with Crippen molar-refractivity contribution in [1.29, 1.82) is 0 Å². The number of fused-ring (bicyclic) bond motifs is 24. The van der Waals surface area contributed by atoms with Crippen LogP contribution in [0, 0.1) is 0 Å². The van der Waals surface area contributed by atoms with E-state index in [1.807, 2.05) is 48.5 Å².